The number of rotatable bonds is 5. The van der Waals surface area contributed by atoms with E-state index in [0.29, 0.717) is 17.2 Å². The summed E-state index contributed by atoms with van der Waals surface area (Å²) in [6.45, 7) is 0.147. The van der Waals surface area contributed by atoms with Gasteiger partial charge >= 0.3 is 5.97 Å². The van der Waals surface area contributed by atoms with Crippen LogP contribution in [0.15, 0.2) is 41.0 Å². The van der Waals surface area contributed by atoms with Crippen LogP contribution in [0.4, 0.5) is 5.69 Å². The molecule has 114 valence electrons. The summed E-state index contributed by atoms with van der Waals surface area (Å²) in [5.74, 6) is -0.149. The first kappa shape index (κ1) is 14.0. The molecule has 2 heterocycles. The lowest BCUT2D eigenvalue weighted by molar-refractivity contribution is -0.136. The maximum atomic E-state index is 12.5. The summed E-state index contributed by atoms with van der Waals surface area (Å²) in [7, 11) is 0. The van der Waals surface area contributed by atoms with Crippen LogP contribution >= 0.6 is 0 Å². The van der Waals surface area contributed by atoms with E-state index in [1.165, 1.54) is 17.2 Å². The molecule has 1 aliphatic heterocycles. The van der Waals surface area contributed by atoms with Crippen molar-refractivity contribution in [2.75, 3.05) is 18.2 Å². The van der Waals surface area contributed by atoms with E-state index in [0.717, 1.165) is 0 Å². The number of amides is 1. The molecule has 3 rings (SSSR count). The Morgan fingerprint density at radius 3 is 2.73 bits per heavy atom. The van der Waals surface area contributed by atoms with Crippen molar-refractivity contribution in [3.8, 4) is 11.5 Å². The van der Waals surface area contributed by atoms with Gasteiger partial charge in [-0.15, -0.1) is 0 Å². The summed E-state index contributed by atoms with van der Waals surface area (Å²) >= 11 is 0. The van der Waals surface area contributed by atoms with Gasteiger partial charge in [0.25, 0.3) is 5.91 Å². The van der Waals surface area contributed by atoms with Gasteiger partial charge in [0.05, 0.1) is 12.7 Å². The number of nitrogens with zero attached hydrogens (tertiary/aromatic N) is 1. The Bertz CT molecular complexity index is 694. The lowest BCUT2D eigenvalue weighted by Gasteiger charge is -2.21. The molecule has 0 aliphatic carbocycles. The lowest BCUT2D eigenvalue weighted by atomic mass is 10.2. The van der Waals surface area contributed by atoms with Gasteiger partial charge in [0.1, 0.15) is 0 Å². The predicted molar refractivity (Wildman–Crippen MR) is 75.2 cm³/mol. The molecule has 1 aromatic carbocycles. The molecule has 0 bridgehead atoms. The van der Waals surface area contributed by atoms with E-state index in [1.807, 2.05) is 0 Å². The summed E-state index contributed by atoms with van der Waals surface area (Å²) in [5, 5.41) is 8.87. The Hall–Kier alpha value is -2.96. The second kappa shape index (κ2) is 5.80. The average molecular weight is 303 g/mol. The second-order valence-electron chi connectivity index (χ2n) is 4.62. The third-order valence-electron chi connectivity index (χ3n) is 3.19. The monoisotopic (exact) mass is 303 g/mol. The molecule has 22 heavy (non-hydrogen) atoms. The zero-order valence-corrected chi connectivity index (χ0v) is 11.5. The standard InChI is InChI=1S/C15H13NO6/c17-14(18)5-6-16(15(19)12-2-1-7-20-12)10-3-4-11-13(8-10)22-9-21-11/h1-4,7-8H,5-6,9H2,(H,17,18). The number of anilines is 1. The highest BCUT2D eigenvalue weighted by atomic mass is 16.7. The molecular formula is C15H13NO6. The summed E-state index contributed by atoms with van der Waals surface area (Å²) in [5.41, 5.74) is 0.520. The molecule has 2 aromatic rings. The highest BCUT2D eigenvalue weighted by molar-refractivity contribution is 6.04. The molecule has 0 radical (unpaired) electrons. The fourth-order valence-corrected chi connectivity index (χ4v) is 2.14. The SMILES string of the molecule is O=C(O)CCN(C(=O)c1ccco1)c1ccc2c(c1)OCO2. The van der Waals surface area contributed by atoms with Crippen LogP contribution in [0, 0.1) is 0 Å². The molecule has 7 heteroatoms. The van der Waals surface area contributed by atoms with Crippen molar-refractivity contribution in [2.45, 2.75) is 6.42 Å². The van der Waals surface area contributed by atoms with Gasteiger partial charge in [0.15, 0.2) is 17.3 Å². The highest BCUT2D eigenvalue weighted by Crippen LogP contribution is 2.35. The van der Waals surface area contributed by atoms with Crippen LogP contribution in [0.3, 0.4) is 0 Å². The van der Waals surface area contributed by atoms with E-state index in [-0.39, 0.29) is 25.5 Å². The van der Waals surface area contributed by atoms with E-state index in [2.05, 4.69) is 0 Å². The molecule has 7 nitrogen and oxygen atoms in total. The summed E-state index contributed by atoms with van der Waals surface area (Å²) in [6, 6.07) is 8.13. The molecule has 1 aromatic heterocycles. The van der Waals surface area contributed by atoms with Crippen LogP contribution in [0.2, 0.25) is 0 Å². The molecular weight excluding hydrogens is 290 g/mol. The normalized spacial score (nSPS) is 12.2. The van der Waals surface area contributed by atoms with Crippen LogP contribution in [0.25, 0.3) is 0 Å². The fraction of sp³-hybridized carbons (Fsp3) is 0.200. The average Bonchev–Trinajstić information content (AvgIpc) is 3.18. The van der Waals surface area contributed by atoms with E-state index in [1.54, 1.807) is 24.3 Å². The molecule has 1 N–H and O–H groups in total. The number of carboxylic acid groups (broad SMARTS) is 1. The van der Waals surface area contributed by atoms with Crippen molar-refractivity contribution in [2.24, 2.45) is 0 Å². The maximum absolute atomic E-state index is 12.5. The number of aliphatic carboxylic acids is 1. The van der Waals surface area contributed by atoms with Crippen LogP contribution in [0.1, 0.15) is 17.0 Å². The minimum absolute atomic E-state index is 0.0223. The third-order valence-corrected chi connectivity index (χ3v) is 3.19. The first-order chi connectivity index (χ1) is 10.6. The van der Waals surface area contributed by atoms with Crippen molar-refractivity contribution in [1.82, 2.24) is 0 Å². The predicted octanol–water partition coefficient (Wildman–Crippen LogP) is 2.13. The number of hydrogen-bond donors (Lipinski definition) is 1. The van der Waals surface area contributed by atoms with Gasteiger partial charge in [0, 0.05) is 18.3 Å². The number of hydrogen-bond acceptors (Lipinski definition) is 5. The van der Waals surface area contributed by atoms with E-state index in [4.69, 9.17) is 19.0 Å². The molecule has 0 atom stereocenters. The van der Waals surface area contributed by atoms with E-state index in [9.17, 15) is 9.59 Å². The topological polar surface area (TPSA) is 89.2 Å². The Morgan fingerprint density at radius 2 is 2.00 bits per heavy atom. The molecule has 0 spiro atoms. The van der Waals surface area contributed by atoms with Gasteiger partial charge in [-0.1, -0.05) is 0 Å². The van der Waals surface area contributed by atoms with Crippen molar-refractivity contribution in [3.05, 3.63) is 42.4 Å². The minimum atomic E-state index is -0.988. The number of furan rings is 1. The summed E-state index contributed by atoms with van der Waals surface area (Å²) in [4.78, 5) is 24.7. The first-order valence-electron chi connectivity index (χ1n) is 6.62. The van der Waals surface area contributed by atoms with Gasteiger partial charge in [0.2, 0.25) is 6.79 Å². The van der Waals surface area contributed by atoms with Crippen LogP contribution in [0.5, 0.6) is 11.5 Å². The molecule has 1 amide bonds. The quantitative estimate of drug-likeness (QED) is 0.910. The van der Waals surface area contributed by atoms with Crippen molar-refractivity contribution >= 4 is 17.6 Å². The van der Waals surface area contributed by atoms with Gasteiger partial charge in [-0.05, 0) is 24.3 Å². The minimum Gasteiger partial charge on any atom is -0.481 e. The lowest BCUT2D eigenvalue weighted by Crippen LogP contribution is -2.32. The summed E-state index contributed by atoms with van der Waals surface area (Å²) in [6.07, 6.45) is 1.21. The first-order valence-corrected chi connectivity index (χ1v) is 6.62. The number of fused-ring (bicyclic) bond motifs is 1. The van der Waals surface area contributed by atoms with Crippen molar-refractivity contribution < 1.29 is 28.6 Å². The van der Waals surface area contributed by atoms with Crippen LogP contribution in [-0.4, -0.2) is 30.3 Å². The Morgan fingerprint density at radius 1 is 1.18 bits per heavy atom. The van der Waals surface area contributed by atoms with Gasteiger partial charge < -0.3 is 23.9 Å². The number of carbonyl (C=O) groups excluding carboxylic acids is 1. The molecule has 0 saturated heterocycles. The van der Waals surface area contributed by atoms with E-state index < -0.39 is 11.9 Å². The Kier molecular flexibility index (Phi) is 3.69. The molecule has 0 saturated carbocycles. The van der Waals surface area contributed by atoms with Gasteiger partial charge in [-0.3, -0.25) is 9.59 Å². The van der Waals surface area contributed by atoms with Crippen molar-refractivity contribution in [1.29, 1.82) is 0 Å². The third kappa shape index (κ3) is 2.73. The zero-order chi connectivity index (χ0) is 15.5. The van der Waals surface area contributed by atoms with Gasteiger partial charge in [-0.25, -0.2) is 0 Å². The Balaban J connectivity index is 1.90. The smallest absolute Gasteiger partial charge is 0.305 e. The summed E-state index contributed by atoms with van der Waals surface area (Å²) < 4.78 is 15.6. The highest BCUT2D eigenvalue weighted by Gasteiger charge is 2.23. The number of benzene rings is 1. The fourth-order valence-electron chi connectivity index (χ4n) is 2.14. The molecule has 0 fully saturated rings. The Labute approximate surface area is 125 Å². The number of carboxylic acids is 1. The largest absolute Gasteiger partial charge is 0.481 e. The van der Waals surface area contributed by atoms with E-state index >= 15 is 0 Å². The maximum Gasteiger partial charge on any atom is 0.305 e. The molecule has 0 unspecified atom stereocenters. The van der Waals surface area contributed by atoms with Crippen molar-refractivity contribution in [3.63, 3.8) is 0 Å². The van der Waals surface area contributed by atoms with Crippen LogP contribution in [-0.2, 0) is 4.79 Å². The second-order valence-corrected chi connectivity index (χ2v) is 4.62. The zero-order valence-electron chi connectivity index (χ0n) is 11.5. The van der Waals surface area contributed by atoms with Gasteiger partial charge in [-0.2, -0.15) is 0 Å². The number of carbonyl (C=O) groups is 2. The number of ether oxygens (including phenoxy) is 2. The molecule has 1 aliphatic rings. The van der Waals surface area contributed by atoms with Crippen LogP contribution < -0.4 is 14.4 Å².